The van der Waals surface area contributed by atoms with E-state index in [1.54, 1.807) is 13.0 Å². The van der Waals surface area contributed by atoms with Crippen LogP contribution in [0.2, 0.25) is 0 Å². The standard InChI is InChI=1S/C11H13NO2/c1-3-11(13)14-8(2)9-6-4-5-7-10(9)12/h3-8H,1,12H2,2H3. The lowest BCUT2D eigenvalue weighted by atomic mass is 10.1. The number of ether oxygens (including phenoxy) is 1. The van der Waals surface area contributed by atoms with Crippen LogP contribution in [0.25, 0.3) is 0 Å². The molecular formula is C11H13NO2. The molecule has 2 N–H and O–H groups in total. The molecule has 1 aromatic rings. The van der Waals surface area contributed by atoms with E-state index in [2.05, 4.69) is 6.58 Å². The quantitative estimate of drug-likeness (QED) is 0.452. The highest BCUT2D eigenvalue weighted by Gasteiger charge is 2.11. The summed E-state index contributed by atoms with van der Waals surface area (Å²) in [6.07, 6.45) is 0.789. The Kier molecular flexibility index (Phi) is 3.29. The first-order chi connectivity index (χ1) is 6.65. The van der Waals surface area contributed by atoms with Crippen molar-refractivity contribution in [3.63, 3.8) is 0 Å². The fraction of sp³-hybridized carbons (Fsp3) is 0.182. The van der Waals surface area contributed by atoms with Gasteiger partial charge in [-0.3, -0.25) is 0 Å². The molecule has 0 aliphatic heterocycles. The maximum atomic E-state index is 10.9. The first kappa shape index (κ1) is 10.3. The van der Waals surface area contributed by atoms with E-state index in [4.69, 9.17) is 10.5 Å². The van der Waals surface area contributed by atoms with Gasteiger partial charge in [0.05, 0.1) is 0 Å². The second kappa shape index (κ2) is 4.46. The van der Waals surface area contributed by atoms with Crippen molar-refractivity contribution < 1.29 is 9.53 Å². The van der Waals surface area contributed by atoms with Gasteiger partial charge in [0.25, 0.3) is 0 Å². The summed E-state index contributed by atoms with van der Waals surface area (Å²) in [5.41, 5.74) is 7.15. The van der Waals surface area contributed by atoms with Gasteiger partial charge in [-0.25, -0.2) is 4.79 Å². The summed E-state index contributed by atoms with van der Waals surface area (Å²) in [6, 6.07) is 7.29. The molecule has 0 aliphatic rings. The summed E-state index contributed by atoms with van der Waals surface area (Å²) in [6.45, 7) is 5.09. The minimum Gasteiger partial charge on any atom is -0.455 e. The molecule has 0 heterocycles. The fourth-order valence-corrected chi connectivity index (χ4v) is 1.17. The van der Waals surface area contributed by atoms with Crippen molar-refractivity contribution in [2.45, 2.75) is 13.0 Å². The van der Waals surface area contributed by atoms with Crippen LogP contribution in [-0.2, 0) is 9.53 Å². The van der Waals surface area contributed by atoms with Gasteiger partial charge in [0.15, 0.2) is 0 Å². The van der Waals surface area contributed by atoms with Crippen LogP contribution in [0.3, 0.4) is 0 Å². The van der Waals surface area contributed by atoms with Gasteiger partial charge >= 0.3 is 5.97 Å². The number of esters is 1. The lowest BCUT2D eigenvalue weighted by molar-refractivity contribution is -0.142. The summed E-state index contributed by atoms with van der Waals surface area (Å²) in [5.74, 6) is -0.444. The Morgan fingerprint density at radius 3 is 2.79 bits per heavy atom. The minimum absolute atomic E-state index is 0.346. The fourth-order valence-electron chi connectivity index (χ4n) is 1.17. The van der Waals surface area contributed by atoms with Crippen LogP contribution in [0.15, 0.2) is 36.9 Å². The summed E-state index contributed by atoms with van der Waals surface area (Å²) in [7, 11) is 0. The molecule has 74 valence electrons. The van der Waals surface area contributed by atoms with Gasteiger partial charge in [-0.15, -0.1) is 0 Å². The predicted octanol–water partition coefficient (Wildman–Crippen LogP) is 2.06. The lowest BCUT2D eigenvalue weighted by Crippen LogP contribution is -2.07. The molecule has 0 spiro atoms. The highest BCUT2D eigenvalue weighted by molar-refractivity contribution is 5.81. The Hall–Kier alpha value is -1.77. The Morgan fingerprint density at radius 1 is 1.57 bits per heavy atom. The highest BCUT2D eigenvalue weighted by Crippen LogP contribution is 2.22. The third-order valence-corrected chi connectivity index (χ3v) is 1.89. The van der Waals surface area contributed by atoms with E-state index in [0.29, 0.717) is 5.69 Å². The number of rotatable bonds is 3. The topological polar surface area (TPSA) is 52.3 Å². The van der Waals surface area contributed by atoms with Gasteiger partial charge in [0, 0.05) is 17.3 Å². The molecule has 3 heteroatoms. The summed E-state index contributed by atoms with van der Waals surface area (Å²) < 4.78 is 5.03. The van der Waals surface area contributed by atoms with E-state index >= 15 is 0 Å². The number of carbonyl (C=O) groups is 1. The second-order valence-corrected chi connectivity index (χ2v) is 2.91. The van der Waals surface area contributed by atoms with Gasteiger partial charge in [0.1, 0.15) is 6.10 Å². The largest absolute Gasteiger partial charge is 0.455 e. The maximum Gasteiger partial charge on any atom is 0.330 e. The SMILES string of the molecule is C=CC(=O)OC(C)c1ccccc1N. The molecule has 1 unspecified atom stereocenters. The molecule has 1 aromatic carbocycles. The maximum absolute atomic E-state index is 10.9. The number of benzene rings is 1. The Bertz CT molecular complexity index is 347. The van der Waals surface area contributed by atoms with Crippen molar-refractivity contribution in [3.05, 3.63) is 42.5 Å². The van der Waals surface area contributed by atoms with Crippen molar-refractivity contribution in [1.82, 2.24) is 0 Å². The average Bonchev–Trinajstić information content (AvgIpc) is 2.18. The van der Waals surface area contributed by atoms with Gasteiger partial charge in [-0.2, -0.15) is 0 Å². The number of nitrogens with two attached hydrogens (primary N) is 1. The Morgan fingerprint density at radius 2 is 2.21 bits per heavy atom. The molecule has 0 aromatic heterocycles. The average molecular weight is 191 g/mol. The first-order valence-corrected chi connectivity index (χ1v) is 4.32. The summed E-state index contributed by atoms with van der Waals surface area (Å²) in [5, 5.41) is 0. The Balaban J connectivity index is 2.79. The number of carbonyl (C=O) groups excluding carboxylic acids is 1. The molecule has 0 saturated carbocycles. The summed E-state index contributed by atoms with van der Waals surface area (Å²) in [4.78, 5) is 10.9. The Labute approximate surface area is 83.2 Å². The summed E-state index contributed by atoms with van der Waals surface area (Å²) >= 11 is 0. The zero-order chi connectivity index (χ0) is 10.6. The first-order valence-electron chi connectivity index (χ1n) is 4.32. The molecule has 14 heavy (non-hydrogen) atoms. The van der Waals surface area contributed by atoms with E-state index in [0.717, 1.165) is 11.6 Å². The van der Waals surface area contributed by atoms with Crippen LogP contribution in [0.5, 0.6) is 0 Å². The van der Waals surface area contributed by atoms with Gasteiger partial charge < -0.3 is 10.5 Å². The zero-order valence-electron chi connectivity index (χ0n) is 8.07. The van der Waals surface area contributed by atoms with Crippen LogP contribution in [0, 0.1) is 0 Å². The van der Waals surface area contributed by atoms with E-state index < -0.39 is 5.97 Å². The zero-order valence-corrected chi connectivity index (χ0v) is 8.07. The molecule has 1 atom stereocenters. The number of anilines is 1. The smallest absolute Gasteiger partial charge is 0.330 e. The van der Waals surface area contributed by atoms with E-state index in [1.165, 1.54) is 0 Å². The molecule has 3 nitrogen and oxygen atoms in total. The lowest BCUT2D eigenvalue weighted by Gasteiger charge is -2.13. The van der Waals surface area contributed by atoms with E-state index in [-0.39, 0.29) is 6.10 Å². The van der Waals surface area contributed by atoms with Crippen molar-refractivity contribution in [2.75, 3.05) is 5.73 Å². The van der Waals surface area contributed by atoms with Gasteiger partial charge in [-0.05, 0) is 13.0 Å². The third kappa shape index (κ3) is 2.36. The molecule has 0 fully saturated rings. The molecule has 0 aliphatic carbocycles. The molecular weight excluding hydrogens is 178 g/mol. The molecule has 0 amide bonds. The minimum atomic E-state index is -0.444. The van der Waals surface area contributed by atoms with Crippen LogP contribution in [-0.4, -0.2) is 5.97 Å². The van der Waals surface area contributed by atoms with Crippen molar-refractivity contribution in [2.24, 2.45) is 0 Å². The van der Waals surface area contributed by atoms with Crippen LogP contribution >= 0.6 is 0 Å². The van der Waals surface area contributed by atoms with Gasteiger partial charge in [-0.1, -0.05) is 24.8 Å². The second-order valence-electron chi connectivity index (χ2n) is 2.91. The monoisotopic (exact) mass is 191 g/mol. The molecule has 0 saturated heterocycles. The van der Waals surface area contributed by atoms with E-state index in [1.807, 2.05) is 18.2 Å². The number of para-hydroxylation sites is 1. The normalized spacial score (nSPS) is 11.8. The molecule has 0 bridgehead atoms. The molecule has 1 rings (SSSR count). The van der Waals surface area contributed by atoms with E-state index in [9.17, 15) is 4.79 Å². The number of nitrogen functional groups attached to an aromatic ring is 1. The van der Waals surface area contributed by atoms with Crippen molar-refractivity contribution in [1.29, 1.82) is 0 Å². The van der Waals surface area contributed by atoms with Crippen molar-refractivity contribution in [3.8, 4) is 0 Å². The van der Waals surface area contributed by atoms with Crippen molar-refractivity contribution >= 4 is 11.7 Å². The number of hydrogen-bond donors (Lipinski definition) is 1. The van der Waals surface area contributed by atoms with Crippen LogP contribution in [0.1, 0.15) is 18.6 Å². The predicted molar refractivity (Wildman–Crippen MR) is 55.6 cm³/mol. The third-order valence-electron chi connectivity index (χ3n) is 1.89. The van der Waals surface area contributed by atoms with Crippen LogP contribution < -0.4 is 5.73 Å². The molecule has 0 radical (unpaired) electrons. The highest BCUT2D eigenvalue weighted by atomic mass is 16.5. The van der Waals surface area contributed by atoms with Gasteiger partial charge in [0.2, 0.25) is 0 Å². The van der Waals surface area contributed by atoms with Crippen LogP contribution in [0.4, 0.5) is 5.69 Å². The number of hydrogen-bond acceptors (Lipinski definition) is 3.